The number of ether oxygens (including phenoxy) is 1. The van der Waals surface area contributed by atoms with Crippen LogP contribution in [0.15, 0.2) is 18.3 Å². The molecule has 1 aromatic rings. The van der Waals surface area contributed by atoms with Crippen molar-refractivity contribution in [1.82, 2.24) is 10.3 Å². The molecule has 0 spiro atoms. The zero-order valence-electron chi connectivity index (χ0n) is 9.47. The molecule has 0 aliphatic carbocycles. The van der Waals surface area contributed by atoms with E-state index in [0.29, 0.717) is 19.6 Å². The maximum Gasteiger partial charge on any atom is 0.354 e. The first-order valence-corrected chi connectivity index (χ1v) is 5.07. The molecule has 0 aromatic carbocycles. The molecule has 17 heavy (non-hydrogen) atoms. The number of hydrogen-bond acceptors (Lipinski definition) is 4. The Balaban J connectivity index is 2.42. The van der Waals surface area contributed by atoms with Gasteiger partial charge >= 0.3 is 5.97 Å². The van der Waals surface area contributed by atoms with Gasteiger partial charge in [-0.15, -0.1) is 0 Å². The summed E-state index contributed by atoms with van der Waals surface area (Å²) in [6.07, 6.45) is 1.73. The molecule has 0 atom stereocenters. The lowest BCUT2D eigenvalue weighted by molar-refractivity contribution is -0.122. The Morgan fingerprint density at radius 2 is 2.24 bits per heavy atom. The van der Waals surface area contributed by atoms with Crippen molar-refractivity contribution in [3.05, 3.63) is 29.6 Å². The van der Waals surface area contributed by atoms with Crippen LogP contribution in [0.3, 0.4) is 0 Å². The van der Waals surface area contributed by atoms with Crippen LogP contribution >= 0.6 is 0 Å². The van der Waals surface area contributed by atoms with E-state index < -0.39 is 5.97 Å². The maximum absolute atomic E-state index is 11.2. The first kappa shape index (κ1) is 13.1. The second-order valence-electron chi connectivity index (χ2n) is 3.38. The van der Waals surface area contributed by atoms with E-state index in [1.54, 1.807) is 6.07 Å². The van der Waals surface area contributed by atoms with E-state index in [4.69, 9.17) is 9.84 Å². The zero-order valence-corrected chi connectivity index (χ0v) is 9.47. The van der Waals surface area contributed by atoms with E-state index in [1.807, 2.05) is 0 Å². The van der Waals surface area contributed by atoms with Gasteiger partial charge in [0.2, 0.25) is 5.91 Å². The van der Waals surface area contributed by atoms with Gasteiger partial charge in [0.1, 0.15) is 5.69 Å². The molecule has 92 valence electrons. The molecular weight excluding hydrogens is 224 g/mol. The van der Waals surface area contributed by atoms with E-state index in [9.17, 15) is 9.59 Å². The monoisotopic (exact) mass is 238 g/mol. The van der Waals surface area contributed by atoms with Crippen molar-refractivity contribution in [3.63, 3.8) is 0 Å². The average molecular weight is 238 g/mol. The summed E-state index contributed by atoms with van der Waals surface area (Å²) in [5, 5.41) is 11.3. The summed E-state index contributed by atoms with van der Waals surface area (Å²) in [4.78, 5) is 25.5. The van der Waals surface area contributed by atoms with Gasteiger partial charge in [0.25, 0.3) is 0 Å². The molecule has 0 fully saturated rings. The highest BCUT2D eigenvalue weighted by molar-refractivity contribution is 5.85. The lowest BCUT2D eigenvalue weighted by Crippen LogP contribution is -2.23. The molecule has 2 N–H and O–H groups in total. The summed E-state index contributed by atoms with van der Waals surface area (Å²) in [5.41, 5.74) is 0.736. The Morgan fingerprint density at radius 1 is 1.47 bits per heavy atom. The van der Waals surface area contributed by atoms with Gasteiger partial charge in [-0.3, -0.25) is 4.79 Å². The SMILES string of the molecule is COCCC(=O)NCc1ccc(C(=O)O)nc1. The van der Waals surface area contributed by atoms with Crippen LogP contribution in [0.4, 0.5) is 0 Å². The highest BCUT2D eigenvalue weighted by Gasteiger charge is 2.04. The number of carboxylic acid groups (broad SMARTS) is 1. The summed E-state index contributed by atoms with van der Waals surface area (Å²) in [7, 11) is 1.53. The van der Waals surface area contributed by atoms with Crippen molar-refractivity contribution in [3.8, 4) is 0 Å². The number of carbonyl (C=O) groups is 2. The van der Waals surface area contributed by atoms with Crippen LogP contribution < -0.4 is 5.32 Å². The number of rotatable bonds is 6. The maximum atomic E-state index is 11.2. The van der Waals surface area contributed by atoms with Gasteiger partial charge in [0, 0.05) is 26.3 Å². The molecule has 6 nitrogen and oxygen atoms in total. The van der Waals surface area contributed by atoms with Crippen LogP contribution in [0.5, 0.6) is 0 Å². The summed E-state index contributed by atoms with van der Waals surface area (Å²) in [6.45, 7) is 0.706. The Labute approximate surface area is 98.6 Å². The predicted molar refractivity (Wildman–Crippen MR) is 59.5 cm³/mol. The van der Waals surface area contributed by atoms with Crippen LogP contribution in [0.25, 0.3) is 0 Å². The number of carboxylic acids is 1. The van der Waals surface area contributed by atoms with Gasteiger partial charge in [0.05, 0.1) is 6.61 Å². The number of nitrogens with zero attached hydrogens (tertiary/aromatic N) is 1. The number of aromatic nitrogens is 1. The van der Waals surface area contributed by atoms with Crippen LogP contribution in [-0.4, -0.2) is 35.7 Å². The number of amides is 1. The molecular formula is C11H14N2O4. The van der Waals surface area contributed by atoms with Crippen LogP contribution in [0.2, 0.25) is 0 Å². The number of hydrogen-bond donors (Lipinski definition) is 2. The van der Waals surface area contributed by atoms with E-state index in [1.165, 1.54) is 19.4 Å². The third-order valence-corrected chi connectivity index (χ3v) is 2.07. The minimum absolute atomic E-state index is 0.0144. The Hall–Kier alpha value is -1.95. The molecule has 0 unspecified atom stereocenters. The van der Waals surface area contributed by atoms with E-state index in [2.05, 4.69) is 10.3 Å². The summed E-state index contributed by atoms with van der Waals surface area (Å²) in [6, 6.07) is 3.02. The Morgan fingerprint density at radius 3 is 2.76 bits per heavy atom. The fraction of sp³-hybridized carbons (Fsp3) is 0.364. The summed E-state index contributed by atoms with van der Waals surface area (Å²) < 4.78 is 4.77. The van der Waals surface area contributed by atoms with Gasteiger partial charge in [-0.1, -0.05) is 6.07 Å². The average Bonchev–Trinajstić information content (AvgIpc) is 2.34. The molecule has 6 heteroatoms. The fourth-order valence-electron chi connectivity index (χ4n) is 1.14. The number of aromatic carboxylic acids is 1. The largest absolute Gasteiger partial charge is 0.477 e. The molecule has 0 aliphatic heterocycles. The predicted octanol–water partition coefficient (Wildman–Crippen LogP) is 0.432. The second kappa shape index (κ2) is 6.59. The Bertz CT molecular complexity index is 389. The standard InChI is InChI=1S/C11H14N2O4/c1-17-5-4-10(14)13-7-8-2-3-9(11(15)16)12-6-8/h2-3,6H,4-5,7H2,1H3,(H,13,14)(H,15,16). The smallest absolute Gasteiger partial charge is 0.354 e. The second-order valence-corrected chi connectivity index (χ2v) is 3.38. The Kier molecular flexibility index (Phi) is 5.09. The van der Waals surface area contributed by atoms with Crippen molar-refractivity contribution in [2.45, 2.75) is 13.0 Å². The lowest BCUT2D eigenvalue weighted by Gasteiger charge is -2.04. The third kappa shape index (κ3) is 4.60. The number of nitrogens with one attached hydrogen (secondary N) is 1. The lowest BCUT2D eigenvalue weighted by atomic mass is 10.2. The minimum atomic E-state index is -1.07. The first-order valence-electron chi connectivity index (χ1n) is 5.07. The number of carbonyl (C=O) groups excluding carboxylic acids is 1. The van der Waals surface area contributed by atoms with Crippen molar-refractivity contribution in [1.29, 1.82) is 0 Å². The molecule has 1 aromatic heterocycles. The van der Waals surface area contributed by atoms with Gasteiger partial charge in [-0.05, 0) is 11.6 Å². The van der Waals surface area contributed by atoms with E-state index in [0.717, 1.165) is 5.56 Å². The first-order chi connectivity index (χ1) is 8.13. The van der Waals surface area contributed by atoms with Crippen molar-refractivity contribution < 1.29 is 19.4 Å². The topological polar surface area (TPSA) is 88.5 Å². The number of pyridine rings is 1. The number of methoxy groups -OCH3 is 1. The van der Waals surface area contributed by atoms with Gasteiger partial charge in [0.15, 0.2) is 0 Å². The molecule has 0 radical (unpaired) electrons. The molecule has 1 heterocycles. The normalized spacial score (nSPS) is 9.94. The minimum Gasteiger partial charge on any atom is -0.477 e. The van der Waals surface area contributed by atoms with E-state index in [-0.39, 0.29) is 11.6 Å². The molecule has 0 bridgehead atoms. The fourth-order valence-corrected chi connectivity index (χ4v) is 1.14. The summed E-state index contributed by atoms with van der Waals surface area (Å²) in [5.74, 6) is -1.19. The van der Waals surface area contributed by atoms with Crippen molar-refractivity contribution in [2.24, 2.45) is 0 Å². The zero-order chi connectivity index (χ0) is 12.7. The molecule has 0 saturated heterocycles. The highest BCUT2D eigenvalue weighted by Crippen LogP contribution is 2.00. The molecule has 1 rings (SSSR count). The van der Waals surface area contributed by atoms with Crippen molar-refractivity contribution in [2.75, 3.05) is 13.7 Å². The van der Waals surface area contributed by atoms with Crippen LogP contribution in [0, 0.1) is 0 Å². The van der Waals surface area contributed by atoms with Crippen LogP contribution in [0.1, 0.15) is 22.5 Å². The molecule has 0 saturated carbocycles. The van der Waals surface area contributed by atoms with Gasteiger partial charge in [-0.25, -0.2) is 9.78 Å². The summed E-state index contributed by atoms with van der Waals surface area (Å²) >= 11 is 0. The quantitative estimate of drug-likeness (QED) is 0.750. The van der Waals surface area contributed by atoms with E-state index >= 15 is 0 Å². The van der Waals surface area contributed by atoms with Gasteiger partial charge < -0.3 is 15.2 Å². The molecule has 1 amide bonds. The third-order valence-electron chi connectivity index (χ3n) is 2.07. The molecule has 0 aliphatic rings. The van der Waals surface area contributed by atoms with Crippen molar-refractivity contribution >= 4 is 11.9 Å². The van der Waals surface area contributed by atoms with Crippen LogP contribution in [-0.2, 0) is 16.1 Å². The highest BCUT2D eigenvalue weighted by atomic mass is 16.5. The van der Waals surface area contributed by atoms with Gasteiger partial charge in [-0.2, -0.15) is 0 Å².